The maximum Gasteiger partial charge on any atom is 0.407 e. The van der Waals surface area contributed by atoms with E-state index in [9.17, 15) is 4.79 Å². The minimum Gasteiger partial charge on any atom is -0.447 e. The largest absolute Gasteiger partial charge is 0.447 e. The molecule has 0 bridgehead atoms. The fourth-order valence-electron chi connectivity index (χ4n) is 2.20. The van der Waals surface area contributed by atoms with Crippen molar-refractivity contribution < 1.29 is 9.53 Å². The summed E-state index contributed by atoms with van der Waals surface area (Å²) in [6, 6.07) is 0. The highest BCUT2D eigenvalue weighted by molar-refractivity contribution is 5.85. The van der Waals surface area contributed by atoms with E-state index in [1.807, 2.05) is 0 Å². The molecule has 2 rings (SSSR count). The monoisotopic (exact) mass is 220 g/mol. The minimum absolute atomic E-state index is 0. The van der Waals surface area contributed by atoms with Crippen LogP contribution in [0.3, 0.4) is 0 Å². The van der Waals surface area contributed by atoms with Gasteiger partial charge < -0.3 is 15.4 Å². The van der Waals surface area contributed by atoms with Crippen molar-refractivity contribution in [2.75, 3.05) is 19.7 Å². The molecular weight excluding hydrogens is 204 g/mol. The first-order valence-electron chi connectivity index (χ1n) is 4.86. The fraction of sp³-hybridized carbons (Fsp3) is 0.889. The molecule has 2 fully saturated rings. The van der Waals surface area contributed by atoms with E-state index >= 15 is 0 Å². The van der Waals surface area contributed by atoms with Gasteiger partial charge in [0.1, 0.15) is 6.61 Å². The van der Waals surface area contributed by atoms with E-state index in [4.69, 9.17) is 4.74 Å². The topological polar surface area (TPSA) is 50.4 Å². The van der Waals surface area contributed by atoms with E-state index in [1.165, 1.54) is 0 Å². The van der Waals surface area contributed by atoms with Gasteiger partial charge in [-0.3, -0.25) is 0 Å². The number of alkyl carbamates (subject to hydrolysis) is 1. The molecule has 0 radical (unpaired) electrons. The molecule has 0 aromatic carbocycles. The molecule has 1 atom stereocenters. The van der Waals surface area contributed by atoms with Gasteiger partial charge in [-0.2, -0.15) is 0 Å². The van der Waals surface area contributed by atoms with Gasteiger partial charge >= 0.3 is 6.09 Å². The number of hydrogen-bond acceptors (Lipinski definition) is 3. The van der Waals surface area contributed by atoms with Crippen LogP contribution in [0.15, 0.2) is 0 Å². The summed E-state index contributed by atoms with van der Waals surface area (Å²) >= 11 is 0. The first-order chi connectivity index (χ1) is 6.21. The molecule has 1 unspecified atom stereocenters. The summed E-state index contributed by atoms with van der Waals surface area (Å²) in [5.41, 5.74) is -0.126. The quantitative estimate of drug-likeness (QED) is 0.691. The number of amides is 1. The van der Waals surface area contributed by atoms with E-state index in [0.717, 1.165) is 25.9 Å². The average Bonchev–Trinajstić information content (AvgIpc) is 2.49. The number of hydrogen-bond donors (Lipinski definition) is 2. The Hall–Kier alpha value is -0.480. The van der Waals surface area contributed by atoms with Crippen molar-refractivity contribution in [2.24, 2.45) is 5.92 Å². The van der Waals surface area contributed by atoms with Gasteiger partial charge in [-0.25, -0.2) is 4.79 Å². The summed E-state index contributed by atoms with van der Waals surface area (Å²) < 4.78 is 4.95. The molecule has 0 aromatic heterocycles. The molecule has 0 spiro atoms. The van der Waals surface area contributed by atoms with Crippen molar-refractivity contribution in [2.45, 2.75) is 25.3 Å². The minimum atomic E-state index is -0.263. The molecule has 5 heteroatoms. The van der Waals surface area contributed by atoms with E-state index < -0.39 is 0 Å². The van der Waals surface area contributed by atoms with E-state index in [2.05, 4.69) is 17.6 Å². The number of ether oxygens (including phenoxy) is 1. The Balaban J connectivity index is 0.000000980. The highest BCUT2D eigenvalue weighted by atomic mass is 35.5. The summed E-state index contributed by atoms with van der Waals surface area (Å²) in [4.78, 5) is 11.0. The van der Waals surface area contributed by atoms with Gasteiger partial charge in [-0.1, -0.05) is 0 Å². The molecule has 1 amide bonds. The number of rotatable bonds is 1. The maximum absolute atomic E-state index is 11.0. The second kappa shape index (κ2) is 4.36. The summed E-state index contributed by atoms with van der Waals surface area (Å²) in [6.45, 7) is 4.71. The lowest BCUT2D eigenvalue weighted by atomic mass is 9.80. The highest BCUT2D eigenvalue weighted by Crippen LogP contribution is 2.28. The molecule has 14 heavy (non-hydrogen) atoms. The zero-order valence-electron chi connectivity index (χ0n) is 8.34. The Morgan fingerprint density at radius 2 is 2.07 bits per heavy atom. The van der Waals surface area contributed by atoms with Gasteiger partial charge in [0.25, 0.3) is 0 Å². The van der Waals surface area contributed by atoms with Crippen molar-refractivity contribution in [3.05, 3.63) is 0 Å². The summed E-state index contributed by atoms with van der Waals surface area (Å²) in [7, 11) is 0. The van der Waals surface area contributed by atoms with Crippen LogP contribution in [0.25, 0.3) is 0 Å². The molecule has 2 N–H and O–H groups in total. The van der Waals surface area contributed by atoms with Crippen LogP contribution >= 0.6 is 12.4 Å². The molecule has 4 nitrogen and oxygen atoms in total. The third-order valence-corrected chi connectivity index (χ3v) is 3.13. The van der Waals surface area contributed by atoms with Crippen molar-refractivity contribution in [1.29, 1.82) is 0 Å². The normalized spacial score (nSPS) is 33.1. The number of carbonyl (C=O) groups excluding carboxylic acids is 1. The zero-order chi connectivity index (χ0) is 9.31. The molecule has 2 aliphatic heterocycles. The smallest absolute Gasteiger partial charge is 0.407 e. The van der Waals surface area contributed by atoms with E-state index in [0.29, 0.717) is 12.5 Å². The van der Waals surface area contributed by atoms with Gasteiger partial charge in [0.2, 0.25) is 0 Å². The van der Waals surface area contributed by atoms with E-state index in [-0.39, 0.29) is 24.0 Å². The van der Waals surface area contributed by atoms with Gasteiger partial charge in [0, 0.05) is 0 Å². The molecular formula is C9H17ClN2O2. The summed E-state index contributed by atoms with van der Waals surface area (Å²) in [6.07, 6.45) is 1.99. The Bertz CT molecular complexity index is 219. The van der Waals surface area contributed by atoms with Crippen molar-refractivity contribution in [1.82, 2.24) is 10.6 Å². The SMILES string of the molecule is CC1(C2CCNCC2)COC(=O)N1.Cl. The van der Waals surface area contributed by atoms with Crippen molar-refractivity contribution in [3.63, 3.8) is 0 Å². The number of nitrogens with one attached hydrogen (secondary N) is 2. The molecule has 0 saturated carbocycles. The number of carbonyl (C=O) groups is 1. The van der Waals surface area contributed by atoms with Crippen LogP contribution in [0.1, 0.15) is 19.8 Å². The van der Waals surface area contributed by atoms with Crippen molar-refractivity contribution >= 4 is 18.5 Å². The van der Waals surface area contributed by atoms with Gasteiger partial charge in [0.05, 0.1) is 5.54 Å². The molecule has 2 saturated heterocycles. The molecule has 0 aromatic rings. The third-order valence-electron chi connectivity index (χ3n) is 3.13. The van der Waals surface area contributed by atoms with Gasteiger partial charge in [-0.15, -0.1) is 12.4 Å². The lowest BCUT2D eigenvalue weighted by Crippen LogP contribution is -2.50. The second-order valence-corrected chi connectivity index (χ2v) is 4.14. The third kappa shape index (κ3) is 2.12. The first-order valence-corrected chi connectivity index (χ1v) is 4.86. The van der Waals surface area contributed by atoms with Crippen LogP contribution in [-0.4, -0.2) is 31.3 Å². The van der Waals surface area contributed by atoms with Crippen LogP contribution in [0, 0.1) is 5.92 Å². The van der Waals surface area contributed by atoms with Crippen LogP contribution < -0.4 is 10.6 Å². The average molecular weight is 221 g/mol. The Morgan fingerprint density at radius 1 is 1.43 bits per heavy atom. The zero-order valence-corrected chi connectivity index (χ0v) is 9.15. The van der Waals surface area contributed by atoms with E-state index in [1.54, 1.807) is 0 Å². The molecule has 82 valence electrons. The van der Waals surface area contributed by atoms with Crippen LogP contribution in [0.2, 0.25) is 0 Å². The molecule has 2 heterocycles. The van der Waals surface area contributed by atoms with Crippen LogP contribution in [-0.2, 0) is 4.74 Å². The van der Waals surface area contributed by atoms with Gasteiger partial charge in [0.15, 0.2) is 0 Å². The fourth-order valence-corrected chi connectivity index (χ4v) is 2.20. The molecule has 0 aliphatic carbocycles. The van der Waals surface area contributed by atoms with Gasteiger partial charge in [-0.05, 0) is 38.8 Å². The van der Waals surface area contributed by atoms with Crippen LogP contribution in [0.4, 0.5) is 4.79 Å². The Kier molecular flexibility index (Phi) is 3.61. The summed E-state index contributed by atoms with van der Waals surface area (Å²) in [5.74, 6) is 0.556. The lowest BCUT2D eigenvalue weighted by Gasteiger charge is -2.34. The first kappa shape index (κ1) is 11.6. The second-order valence-electron chi connectivity index (χ2n) is 4.14. The molecule has 2 aliphatic rings. The standard InChI is InChI=1S/C9H16N2O2.ClH/c1-9(6-13-8(12)11-9)7-2-4-10-5-3-7;/h7,10H,2-6H2,1H3,(H,11,12);1H. The van der Waals surface area contributed by atoms with Crippen molar-refractivity contribution in [3.8, 4) is 0 Å². The Labute approximate surface area is 90.2 Å². The Morgan fingerprint density at radius 3 is 2.57 bits per heavy atom. The number of cyclic esters (lactones) is 1. The number of piperidine rings is 1. The summed E-state index contributed by atoms with van der Waals surface area (Å²) in [5, 5.41) is 6.22. The maximum atomic E-state index is 11.0. The highest BCUT2D eigenvalue weighted by Gasteiger charge is 2.41. The van der Waals surface area contributed by atoms with Crippen LogP contribution in [0.5, 0.6) is 0 Å². The predicted molar refractivity (Wildman–Crippen MR) is 55.7 cm³/mol. The lowest BCUT2D eigenvalue weighted by molar-refractivity contribution is 0.155. The predicted octanol–water partition coefficient (Wildman–Crippen LogP) is 0.906. The number of halogens is 1.